The number of aromatic nitrogens is 4. The summed E-state index contributed by atoms with van der Waals surface area (Å²) in [7, 11) is 8.08. The zero-order valence-electron chi connectivity index (χ0n) is 20.3. The highest BCUT2D eigenvalue weighted by atomic mass is 16.5. The van der Waals surface area contributed by atoms with Crippen LogP contribution in [0.15, 0.2) is 54.6 Å². The third kappa shape index (κ3) is 4.83. The minimum Gasteiger partial charge on any atom is -0.486 e. The van der Waals surface area contributed by atoms with E-state index >= 15 is 0 Å². The molecule has 0 amide bonds. The highest BCUT2D eigenvalue weighted by Gasteiger charge is 2.19. The Morgan fingerprint density at radius 3 is 2.39 bits per heavy atom. The quantitative estimate of drug-likeness (QED) is 0.397. The SMILES string of the molecule is Cc1nnc(N(C)C)c2nn(-c3cccc(OC(CCN(C)C)c4ccccc4)c3)c(C)c12. The third-order valence-electron chi connectivity index (χ3n) is 5.76. The van der Waals surface area contributed by atoms with Crippen molar-refractivity contribution in [1.82, 2.24) is 24.9 Å². The monoisotopic (exact) mass is 444 g/mol. The molecule has 7 heteroatoms. The Hall–Kier alpha value is -3.45. The third-order valence-corrected chi connectivity index (χ3v) is 5.76. The van der Waals surface area contributed by atoms with Crippen molar-refractivity contribution in [3.63, 3.8) is 0 Å². The predicted octanol–water partition coefficient (Wildman–Crippen LogP) is 4.57. The molecule has 1 atom stereocenters. The summed E-state index contributed by atoms with van der Waals surface area (Å²) in [6.45, 7) is 4.98. The average molecular weight is 445 g/mol. The normalized spacial score (nSPS) is 12.3. The molecule has 0 radical (unpaired) electrons. The summed E-state index contributed by atoms with van der Waals surface area (Å²) >= 11 is 0. The van der Waals surface area contributed by atoms with E-state index < -0.39 is 0 Å². The number of aryl methyl sites for hydroxylation is 2. The second-order valence-corrected chi connectivity index (χ2v) is 8.83. The Balaban J connectivity index is 1.70. The highest BCUT2D eigenvalue weighted by molar-refractivity contribution is 5.92. The molecule has 0 N–H and O–H groups in total. The Morgan fingerprint density at radius 1 is 0.939 bits per heavy atom. The number of ether oxygens (including phenoxy) is 1. The van der Waals surface area contributed by atoms with Gasteiger partial charge in [0.15, 0.2) is 5.82 Å². The standard InChI is InChI=1S/C26H32N6O/c1-18-24-19(2)32(29-25(24)26(28-27-18)31(5)6)21-13-10-14-22(17-21)33-23(15-16-30(3)4)20-11-8-7-9-12-20/h7-14,17,23H,15-16H2,1-6H3. The van der Waals surface area contributed by atoms with Crippen LogP contribution in [0.2, 0.25) is 0 Å². The van der Waals surface area contributed by atoms with Gasteiger partial charge in [0.1, 0.15) is 17.4 Å². The number of nitrogens with zero attached hydrogens (tertiary/aromatic N) is 6. The molecular formula is C26H32N6O. The van der Waals surface area contributed by atoms with Gasteiger partial charge in [-0.3, -0.25) is 0 Å². The van der Waals surface area contributed by atoms with E-state index in [-0.39, 0.29) is 6.10 Å². The first-order chi connectivity index (χ1) is 15.8. The van der Waals surface area contributed by atoms with Crippen LogP contribution in [0.1, 0.15) is 29.5 Å². The smallest absolute Gasteiger partial charge is 0.179 e. The zero-order valence-corrected chi connectivity index (χ0v) is 20.3. The second kappa shape index (κ2) is 9.58. The first-order valence-corrected chi connectivity index (χ1v) is 11.2. The van der Waals surface area contributed by atoms with Crippen LogP contribution in [0.4, 0.5) is 5.82 Å². The number of hydrogen-bond acceptors (Lipinski definition) is 6. The van der Waals surface area contributed by atoms with E-state index in [0.29, 0.717) is 0 Å². The minimum atomic E-state index is -0.0300. The maximum absolute atomic E-state index is 6.51. The molecule has 0 saturated carbocycles. The van der Waals surface area contributed by atoms with Gasteiger partial charge in [-0.05, 0) is 45.6 Å². The number of fused-ring (bicyclic) bond motifs is 1. The fourth-order valence-electron chi connectivity index (χ4n) is 4.05. The van der Waals surface area contributed by atoms with Crippen molar-refractivity contribution >= 4 is 16.7 Å². The molecule has 0 bridgehead atoms. The number of anilines is 1. The van der Waals surface area contributed by atoms with E-state index in [2.05, 4.69) is 72.5 Å². The Labute approximate surface area is 195 Å². The average Bonchev–Trinajstić information content (AvgIpc) is 3.15. The largest absolute Gasteiger partial charge is 0.486 e. The highest BCUT2D eigenvalue weighted by Crippen LogP contribution is 2.30. The maximum Gasteiger partial charge on any atom is 0.179 e. The molecule has 33 heavy (non-hydrogen) atoms. The lowest BCUT2D eigenvalue weighted by Crippen LogP contribution is -2.18. The number of rotatable bonds is 8. The molecule has 2 aromatic heterocycles. The van der Waals surface area contributed by atoms with Crippen LogP contribution in [-0.2, 0) is 0 Å². The summed E-state index contributed by atoms with van der Waals surface area (Å²) in [6, 6.07) is 18.5. The molecule has 2 heterocycles. The van der Waals surface area contributed by atoms with Gasteiger partial charge in [-0.25, -0.2) is 4.68 Å². The summed E-state index contributed by atoms with van der Waals surface area (Å²) in [5, 5.41) is 14.6. The van der Waals surface area contributed by atoms with Crippen LogP contribution in [0.25, 0.3) is 16.6 Å². The summed E-state index contributed by atoms with van der Waals surface area (Å²) in [5.41, 5.74) is 4.88. The van der Waals surface area contributed by atoms with Gasteiger partial charge in [0, 0.05) is 33.1 Å². The van der Waals surface area contributed by atoms with Crippen molar-refractivity contribution in [2.24, 2.45) is 0 Å². The molecule has 2 aromatic carbocycles. The summed E-state index contributed by atoms with van der Waals surface area (Å²) in [4.78, 5) is 4.13. The molecule has 0 fully saturated rings. The molecule has 4 rings (SSSR count). The predicted molar refractivity (Wildman–Crippen MR) is 133 cm³/mol. The van der Waals surface area contributed by atoms with Crippen LogP contribution in [0.5, 0.6) is 5.75 Å². The van der Waals surface area contributed by atoms with Gasteiger partial charge in [0.25, 0.3) is 0 Å². The van der Waals surface area contributed by atoms with Gasteiger partial charge < -0.3 is 14.5 Å². The van der Waals surface area contributed by atoms with Gasteiger partial charge in [-0.1, -0.05) is 36.4 Å². The van der Waals surface area contributed by atoms with Crippen molar-refractivity contribution in [2.75, 3.05) is 39.6 Å². The summed E-state index contributed by atoms with van der Waals surface area (Å²) in [5.74, 6) is 1.58. The van der Waals surface area contributed by atoms with E-state index in [0.717, 1.165) is 52.5 Å². The molecule has 7 nitrogen and oxygen atoms in total. The van der Waals surface area contributed by atoms with Crippen LogP contribution in [-0.4, -0.2) is 59.6 Å². The molecule has 0 aliphatic rings. The van der Waals surface area contributed by atoms with Crippen molar-refractivity contribution < 1.29 is 4.74 Å². The van der Waals surface area contributed by atoms with Crippen molar-refractivity contribution in [3.8, 4) is 11.4 Å². The lowest BCUT2D eigenvalue weighted by atomic mass is 10.1. The first kappa shape index (κ1) is 22.7. The Bertz CT molecular complexity index is 1230. The lowest BCUT2D eigenvalue weighted by molar-refractivity contribution is 0.179. The fourth-order valence-corrected chi connectivity index (χ4v) is 4.05. The lowest BCUT2D eigenvalue weighted by Gasteiger charge is -2.22. The molecular weight excluding hydrogens is 412 g/mol. The van der Waals surface area contributed by atoms with Gasteiger partial charge in [-0.15, -0.1) is 5.10 Å². The van der Waals surface area contributed by atoms with E-state index in [1.807, 2.05) is 48.8 Å². The van der Waals surface area contributed by atoms with Gasteiger partial charge in [0.05, 0.1) is 22.5 Å². The van der Waals surface area contributed by atoms with Crippen LogP contribution >= 0.6 is 0 Å². The van der Waals surface area contributed by atoms with E-state index in [9.17, 15) is 0 Å². The summed E-state index contributed by atoms with van der Waals surface area (Å²) in [6.07, 6.45) is 0.867. The Morgan fingerprint density at radius 2 is 1.70 bits per heavy atom. The zero-order chi connectivity index (χ0) is 23.5. The van der Waals surface area contributed by atoms with Crippen molar-refractivity contribution in [3.05, 3.63) is 71.5 Å². The number of hydrogen-bond donors (Lipinski definition) is 0. The van der Waals surface area contributed by atoms with E-state index in [1.54, 1.807) is 0 Å². The van der Waals surface area contributed by atoms with Gasteiger partial charge in [-0.2, -0.15) is 10.2 Å². The Kier molecular flexibility index (Phi) is 6.60. The fraction of sp³-hybridized carbons (Fsp3) is 0.346. The molecule has 0 spiro atoms. The van der Waals surface area contributed by atoms with Crippen molar-refractivity contribution in [2.45, 2.75) is 26.4 Å². The molecule has 0 saturated heterocycles. The molecule has 0 aliphatic carbocycles. The van der Waals surface area contributed by atoms with Crippen LogP contribution in [0, 0.1) is 13.8 Å². The topological polar surface area (TPSA) is 59.3 Å². The molecule has 1 unspecified atom stereocenters. The maximum atomic E-state index is 6.51. The van der Waals surface area contributed by atoms with Gasteiger partial charge >= 0.3 is 0 Å². The molecule has 0 aliphatic heterocycles. The van der Waals surface area contributed by atoms with E-state index in [1.165, 1.54) is 5.56 Å². The minimum absolute atomic E-state index is 0.0300. The van der Waals surface area contributed by atoms with Crippen molar-refractivity contribution in [1.29, 1.82) is 0 Å². The van der Waals surface area contributed by atoms with Gasteiger partial charge in [0.2, 0.25) is 0 Å². The van der Waals surface area contributed by atoms with E-state index in [4.69, 9.17) is 9.84 Å². The second-order valence-electron chi connectivity index (χ2n) is 8.83. The first-order valence-electron chi connectivity index (χ1n) is 11.2. The molecule has 172 valence electrons. The summed E-state index contributed by atoms with van der Waals surface area (Å²) < 4.78 is 8.47. The van der Waals surface area contributed by atoms with Crippen LogP contribution in [0.3, 0.4) is 0 Å². The van der Waals surface area contributed by atoms with Crippen LogP contribution < -0.4 is 9.64 Å². The molecule has 4 aromatic rings. The number of benzene rings is 2.